The molecule has 5 heteroatoms. The molecule has 120 valence electrons. The summed E-state index contributed by atoms with van der Waals surface area (Å²) in [7, 11) is 0. The van der Waals surface area contributed by atoms with Gasteiger partial charge in [-0.25, -0.2) is 4.39 Å². The Balaban J connectivity index is 2.14. The van der Waals surface area contributed by atoms with Crippen molar-refractivity contribution in [1.82, 2.24) is 10.2 Å². The minimum atomic E-state index is -0.647. The van der Waals surface area contributed by atoms with Crippen LogP contribution in [0, 0.1) is 5.82 Å². The maximum atomic E-state index is 13.3. The maximum absolute atomic E-state index is 13.3. The van der Waals surface area contributed by atoms with Crippen LogP contribution in [0.25, 0.3) is 0 Å². The van der Waals surface area contributed by atoms with Crippen LogP contribution < -0.4 is 10.1 Å². The smallest absolute Gasteiger partial charge is 0.165 e. The Labute approximate surface area is 126 Å². The molecule has 4 nitrogen and oxygen atoms in total. The zero-order valence-corrected chi connectivity index (χ0v) is 13.0. The summed E-state index contributed by atoms with van der Waals surface area (Å²) in [5, 5.41) is 13.0. The number of hydrogen-bond donors (Lipinski definition) is 2. The number of nitrogens with zero attached hydrogens (tertiary/aromatic N) is 1. The number of ether oxygens (including phenoxy) is 1. The van der Waals surface area contributed by atoms with Crippen molar-refractivity contribution in [1.29, 1.82) is 0 Å². The van der Waals surface area contributed by atoms with Gasteiger partial charge in [0.05, 0.1) is 0 Å². The molecule has 0 aliphatic heterocycles. The number of halogens is 1. The first-order valence-electron chi connectivity index (χ1n) is 7.65. The molecule has 0 saturated carbocycles. The molecule has 0 spiro atoms. The number of rotatable bonds is 11. The molecule has 1 aromatic carbocycles. The Hall–Kier alpha value is -1.17. The van der Waals surface area contributed by atoms with Crippen molar-refractivity contribution in [2.75, 3.05) is 39.3 Å². The van der Waals surface area contributed by atoms with E-state index in [1.165, 1.54) is 6.07 Å². The van der Waals surface area contributed by atoms with Gasteiger partial charge in [0.1, 0.15) is 12.7 Å². The fourth-order valence-electron chi connectivity index (χ4n) is 2.06. The van der Waals surface area contributed by atoms with E-state index in [2.05, 4.69) is 24.1 Å². The highest BCUT2D eigenvalue weighted by Crippen LogP contribution is 2.15. The SMILES string of the molecule is CCCN(CC)CCNCC(O)COc1ccccc1F. The summed E-state index contributed by atoms with van der Waals surface area (Å²) in [6, 6.07) is 6.21. The lowest BCUT2D eigenvalue weighted by Gasteiger charge is -2.20. The monoisotopic (exact) mass is 298 g/mol. The van der Waals surface area contributed by atoms with Gasteiger partial charge in [-0.1, -0.05) is 26.0 Å². The molecule has 0 bridgehead atoms. The molecule has 1 rings (SSSR count). The van der Waals surface area contributed by atoms with Gasteiger partial charge < -0.3 is 20.1 Å². The molecule has 0 fully saturated rings. The van der Waals surface area contributed by atoms with Crippen molar-refractivity contribution >= 4 is 0 Å². The zero-order valence-electron chi connectivity index (χ0n) is 13.0. The second-order valence-corrected chi connectivity index (χ2v) is 5.03. The zero-order chi connectivity index (χ0) is 15.5. The van der Waals surface area contributed by atoms with Crippen LogP contribution in [0.5, 0.6) is 5.75 Å². The third kappa shape index (κ3) is 7.41. The van der Waals surface area contributed by atoms with Gasteiger partial charge >= 0.3 is 0 Å². The second kappa shape index (κ2) is 10.5. The van der Waals surface area contributed by atoms with Crippen LogP contribution in [-0.4, -0.2) is 55.4 Å². The Morgan fingerprint density at radius 3 is 2.71 bits per heavy atom. The van der Waals surface area contributed by atoms with Crippen LogP contribution in [0.3, 0.4) is 0 Å². The molecular weight excluding hydrogens is 271 g/mol. The molecule has 2 N–H and O–H groups in total. The van der Waals surface area contributed by atoms with E-state index in [4.69, 9.17) is 4.74 Å². The highest BCUT2D eigenvalue weighted by molar-refractivity contribution is 5.23. The van der Waals surface area contributed by atoms with E-state index in [1.54, 1.807) is 18.2 Å². The van der Waals surface area contributed by atoms with Crippen molar-refractivity contribution in [3.05, 3.63) is 30.1 Å². The number of para-hydroxylation sites is 1. The molecular formula is C16H27FN2O2. The Kier molecular flexibility index (Phi) is 8.98. The molecule has 0 aliphatic rings. The third-order valence-electron chi connectivity index (χ3n) is 3.24. The molecule has 1 atom stereocenters. The predicted molar refractivity (Wildman–Crippen MR) is 83.2 cm³/mol. The Morgan fingerprint density at radius 1 is 1.29 bits per heavy atom. The van der Waals surface area contributed by atoms with Gasteiger partial charge in [0.15, 0.2) is 11.6 Å². The molecule has 1 unspecified atom stereocenters. The average molecular weight is 298 g/mol. The van der Waals surface area contributed by atoms with Gasteiger partial charge in [-0.05, 0) is 31.6 Å². The number of benzene rings is 1. The number of hydrogen-bond acceptors (Lipinski definition) is 4. The topological polar surface area (TPSA) is 44.7 Å². The first-order chi connectivity index (χ1) is 10.2. The summed E-state index contributed by atoms with van der Waals surface area (Å²) >= 11 is 0. The average Bonchev–Trinajstić information content (AvgIpc) is 2.49. The standard InChI is InChI=1S/C16H27FN2O2/c1-3-10-19(4-2)11-9-18-12-14(20)13-21-16-8-6-5-7-15(16)17/h5-8,14,18,20H,3-4,9-13H2,1-2H3. The predicted octanol–water partition coefficient (Wildman–Crippen LogP) is 1.89. The van der Waals surface area contributed by atoms with Crippen LogP contribution in [-0.2, 0) is 0 Å². The summed E-state index contributed by atoms with van der Waals surface area (Å²) in [4.78, 5) is 2.36. The van der Waals surface area contributed by atoms with Crippen LogP contribution in [0.1, 0.15) is 20.3 Å². The van der Waals surface area contributed by atoms with Crippen LogP contribution >= 0.6 is 0 Å². The maximum Gasteiger partial charge on any atom is 0.165 e. The van der Waals surface area contributed by atoms with Gasteiger partial charge in [0, 0.05) is 19.6 Å². The highest BCUT2D eigenvalue weighted by Gasteiger charge is 2.08. The largest absolute Gasteiger partial charge is 0.488 e. The quantitative estimate of drug-likeness (QED) is 0.612. The van der Waals surface area contributed by atoms with Crippen molar-refractivity contribution in [3.63, 3.8) is 0 Å². The molecule has 0 heterocycles. The number of aliphatic hydroxyl groups excluding tert-OH is 1. The van der Waals surface area contributed by atoms with Crippen molar-refractivity contribution in [2.24, 2.45) is 0 Å². The summed E-state index contributed by atoms with van der Waals surface area (Å²) in [6.07, 6.45) is 0.498. The molecule has 0 radical (unpaired) electrons. The lowest BCUT2D eigenvalue weighted by atomic mass is 10.3. The van der Waals surface area contributed by atoms with Crippen LogP contribution in [0.2, 0.25) is 0 Å². The summed E-state index contributed by atoms with van der Waals surface area (Å²) < 4.78 is 18.6. The lowest BCUT2D eigenvalue weighted by molar-refractivity contribution is 0.103. The van der Waals surface area contributed by atoms with Crippen LogP contribution in [0.4, 0.5) is 4.39 Å². The summed E-state index contributed by atoms with van der Waals surface area (Å²) in [6.45, 7) is 8.76. The molecule has 21 heavy (non-hydrogen) atoms. The van der Waals surface area contributed by atoms with E-state index >= 15 is 0 Å². The van der Waals surface area contributed by atoms with Crippen molar-refractivity contribution in [3.8, 4) is 5.75 Å². The minimum absolute atomic E-state index is 0.0837. The number of nitrogens with one attached hydrogen (secondary N) is 1. The van der Waals surface area contributed by atoms with Gasteiger partial charge in [-0.15, -0.1) is 0 Å². The molecule has 0 amide bonds. The fourth-order valence-corrected chi connectivity index (χ4v) is 2.06. The first kappa shape index (κ1) is 17.9. The van der Waals surface area contributed by atoms with Gasteiger partial charge in [-0.3, -0.25) is 0 Å². The second-order valence-electron chi connectivity index (χ2n) is 5.03. The lowest BCUT2D eigenvalue weighted by Crippen LogP contribution is -2.37. The Morgan fingerprint density at radius 2 is 2.05 bits per heavy atom. The summed E-state index contributed by atoms with van der Waals surface area (Å²) in [5.74, 6) is -0.229. The van der Waals surface area contributed by atoms with Crippen molar-refractivity contribution < 1.29 is 14.2 Å². The first-order valence-corrected chi connectivity index (χ1v) is 7.65. The van der Waals surface area contributed by atoms with E-state index in [1.807, 2.05) is 0 Å². The van der Waals surface area contributed by atoms with Gasteiger partial charge in [0.25, 0.3) is 0 Å². The summed E-state index contributed by atoms with van der Waals surface area (Å²) in [5.41, 5.74) is 0. The highest BCUT2D eigenvalue weighted by atomic mass is 19.1. The molecule has 1 aromatic rings. The van der Waals surface area contributed by atoms with E-state index in [9.17, 15) is 9.50 Å². The Bertz CT molecular complexity index is 390. The van der Waals surface area contributed by atoms with Crippen LogP contribution in [0.15, 0.2) is 24.3 Å². The number of likely N-dealkylation sites (N-methyl/N-ethyl adjacent to an activating group) is 1. The van der Waals surface area contributed by atoms with E-state index in [-0.39, 0.29) is 12.4 Å². The normalized spacial score (nSPS) is 12.6. The molecule has 0 saturated heterocycles. The molecule has 0 aromatic heterocycles. The number of aliphatic hydroxyl groups is 1. The van der Waals surface area contributed by atoms with E-state index in [0.29, 0.717) is 6.54 Å². The van der Waals surface area contributed by atoms with Gasteiger partial charge in [-0.2, -0.15) is 0 Å². The third-order valence-corrected chi connectivity index (χ3v) is 3.24. The van der Waals surface area contributed by atoms with Gasteiger partial charge in [0.2, 0.25) is 0 Å². The van der Waals surface area contributed by atoms with Crippen molar-refractivity contribution in [2.45, 2.75) is 26.4 Å². The van der Waals surface area contributed by atoms with E-state index in [0.717, 1.165) is 32.6 Å². The van der Waals surface area contributed by atoms with E-state index < -0.39 is 11.9 Å². The fraction of sp³-hybridized carbons (Fsp3) is 0.625. The minimum Gasteiger partial charge on any atom is -0.488 e. The molecule has 0 aliphatic carbocycles.